The summed E-state index contributed by atoms with van der Waals surface area (Å²) in [5, 5.41) is 0. The fourth-order valence-corrected chi connectivity index (χ4v) is 1.23. The molecule has 1 atom stereocenters. The van der Waals surface area contributed by atoms with Crippen molar-refractivity contribution in [1.82, 2.24) is 4.90 Å². The molecule has 0 N–H and O–H groups in total. The van der Waals surface area contributed by atoms with Crippen molar-refractivity contribution in [2.24, 2.45) is 0 Å². The minimum Gasteiger partial charge on any atom is -0.317 e. The fraction of sp³-hybridized carbons (Fsp3) is 0.625. The van der Waals surface area contributed by atoms with Gasteiger partial charge in [0.2, 0.25) is 5.91 Å². The molecule has 0 aromatic rings. The zero-order chi connectivity index (χ0) is 7.56. The van der Waals surface area contributed by atoms with Crippen LogP contribution < -0.4 is 0 Å². The smallest absolute Gasteiger partial charge is 0.223 e. The molecule has 56 valence electrons. The number of carbonyl (C=O) groups is 1. The van der Waals surface area contributed by atoms with Crippen LogP contribution in [0.5, 0.6) is 0 Å². The molecule has 10 heavy (non-hydrogen) atoms. The number of hydrogen-bond donors (Lipinski definition) is 0. The van der Waals surface area contributed by atoms with Gasteiger partial charge in [-0.15, -0.1) is 0 Å². The Morgan fingerprint density at radius 2 is 2.40 bits per heavy atom. The van der Waals surface area contributed by atoms with Crippen molar-refractivity contribution < 1.29 is 4.79 Å². The topological polar surface area (TPSA) is 20.3 Å². The number of amides is 1. The number of carbonyl (C=O) groups excluding carboxylic acids is 1. The molecule has 0 saturated carbocycles. The first-order valence-electron chi connectivity index (χ1n) is 3.67. The lowest BCUT2D eigenvalue weighted by Gasteiger charge is -2.27. The molecule has 0 radical (unpaired) electrons. The van der Waals surface area contributed by atoms with E-state index in [1.54, 1.807) is 11.8 Å². The Balaban J connectivity index is 2.64. The largest absolute Gasteiger partial charge is 0.317 e. The molecule has 0 aromatic carbocycles. The molecule has 1 aliphatic heterocycles. The summed E-state index contributed by atoms with van der Waals surface area (Å²) in [4.78, 5) is 12.7. The minimum atomic E-state index is 0.142. The highest BCUT2D eigenvalue weighted by molar-refractivity contribution is 5.74. The van der Waals surface area contributed by atoms with Gasteiger partial charge in [-0.1, -0.05) is 6.08 Å². The third-order valence-corrected chi connectivity index (χ3v) is 1.86. The van der Waals surface area contributed by atoms with Crippen molar-refractivity contribution in [1.29, 1.82) is 0 Å². The van der Waals surface area contributed by atoms with Gasteiger partial charge in [-0.3, -0.25) is 4.79 Å². The second kappa shape index (κ2) is 2.86. The van der Waals surface area contributed by atoms with Gasteiger partial charge in [-0.05, 0) is 19.8 Å². The van der Waals surface area contributed by atoms with Crippen LogP contribution in [0, 0.1) is 0 Å². The summed E-state index contributed by atoms with van der Waals surface area (Å²) in [6.45, 7) is 3.68. The second-order valence-electron chi connectivity index (χ2n) is 2.74. The summed E-state index contributed by atoms with van der Waals surface area (Å²) < 4.78 is 0. The van der Waals surface area contributed by atoms with Crippen LogP contribution in [0.2, 0.25) is 0 Å². The van der Waals surface area contributed by atoms with Crippen molar-refractivity contribution in [2.75, 3.05) is 0 Å². The maximum Gasteiger partial charge on any atom is 0.223 e. The van der Waals surface area contributed by atoms with E-state index >= 15 is 0 Å². The number of rotatable bonds is 0. The zero-order valence-corrected chi connectivity index (χ0v) is 6.50. The van der Waals surface area contributed by atoms with E-state index in [1.807, 2.05) is 12.3 Å². The third kappa shape index (κ3) is 1.38. The van der Waals surface area contributed by atoms with E-state index in [0.717, 1.165) is 12.8 Å². The lowest BCUT2D eigenvalue weighted by atomic mass is 10.1. The van der Waals surface area contributed by atoms with Crippen LogP contribution >= 0.6 is 0 Å². The molecule has 1 unspecified atom stereocenters. The van der Waals surface area contributed by atoms with Gasteiger partial charge < -0.3 is 4.90 Å². The van der Waals surface area contributed by atoms with Crippen molar-refractivity contribution in [3.05, 3.63) is 12.3 Å². The molecule has 0 fully saturated rings. The Morgan fingerprint density at radius 3 is 2.80 bits per heavy atom. The lowest BCUT2D eigenvalue weighted by molar-refractivity contribution is -0.128. The summed E-state index contributed by atoms with van der Waals surface area (Å²) >= 11 is 0. The van der Waals surface area contributed by atoms with Gasteiger partial charge >= 0.3 is 0 Å². The van der Waals surface area contributed by atoms with Crippen LogP contribution in [0.4, 0.5) is 0 Å². The molecule has 0 saturated heterocycles. The molecule has 0 aromatic heterocycles. The van der Waals surface area contributed by atoms with E-state index in [1.165, 1.54) is 0 Å². The average Bonchev–Trinajstić information content (AvgIpc) is 1.88. The average molecular weight is 139 g/mol. The predicted octanol–water partition coefficient (Wildman–Crippen LogP) is 1.53. The molecule has 2 heteroatoms. The quantitative estimate of drug-likeness (QED) is 0.498. The first kappa shape index (κ1) is 7.32. The van der Waals surface area contributed by atoms with Gasteiger partial charge in [0.15, 0.2) is 0 Å². The van der Waals surface area contributed by atoms with E-state index in [2.05, 4.69) is 6.92 Å². The van der Waals surface area contributed by atoms with Gasteiger partial charge in [0.25, 0.3) is 0 Å². The molecular weight excluding hydrogens is 126 g/mol. The van der Waals surface area contributed by atoms with Crippen LogP contribution in [-0.2, 0) is 4.79 Å². The zero-order valence-electron chi connectivity index (χ0n) is 6.50. The van der Waals surface area contributed by atoms with Crippen LogP contribution in [0.3, 0.4) is 0 Å². The molecule has 0 aliphatic carbocycles. The number of nitrogens with zero attached hydrogens (tertiary/aromatic N) is 1. The van der Waals surface area contributed by atoms with Crippen molar-refractivity contribution in [3.63, 3.8) is 0 Å². The number of allylic oxidation sites excluding steroid dienone is 1. The Bertz CT molecular complexity index is 163. The molecule has 1 heterocycles. The molecular formula is C8H13NO. The molecule has 1 aliphatic rings. The summed E-state index contributed by atoms with van der Waals surface area (Å²) in [6.07, 6.45) is 6.12. The summed E-state index contributed by atoms with van der Waals surface area (Å²) in [5.74, 6) is 0.142. The molecule has 1 rings (SSSR count). The summed E-state index contributed by atoms with van der Waals surface area (Å²) in [5.41, 5.74) is 0. The Kier molecular flexibility index (Phi) is 2.10. The van der Waals surface area contributed by atoms with Crippen LogP contribution in [0.1, 0.15) is 26.7 Å². The highest BCUT2D eigenvalue weighted by Gasteiger charge is 2.15. The van der Waals surface area contributed by atoms with Crippen LogP contribution in [-0.4, -0.2) is 16.8 Å². The summed E-state index contributed by atoms with van der Waals surface area (Å²) in [6, 6.07) is 0.391. The SMILES string of the molecule is CC(=O)N1C=CCCC1C. The molecule has 1 amide bonds. The Hall–Kier alpha value is -0.790. The van der Waals surface area contributed by atoms with Crippen LogP contribution in [0.25, 0.3) is 0 Å². The second-order valence-corrected chi connectivity index (χ2v) is 2.74. The fourth-order valence-electron chi connectivity index (χ4n) is 1.23. The standard InChI is InChI=1S/C8H13NO/c1-7-5-3-4-6-9(7)8(2)10/h4,6-7H,3,5H2,1-2H3. The van der Waals surface area contributed by atoms with E-state index in [-0.39, 0.29) is 5.91 Å². The molecule has 0 bridgehead atoms. The van der Waals surface area contributed by atoms with Crippen molar-refractivity contribution in [2.45, 2.75) is 32.7 Å². The molecule has 2 nitrogen and oxygen atoms in total. The van der Waals surface area contributed by atoms with Gasteiger partial charge in [-0.25, -0.2) is 0 Å². The highest BCUT2D eigenvalue weighted by Crippen LogP contribution is 2.13. The van der Waals surface area contributed by atoms with Crippen LogP contribution in [0.15, 0.2) is 12.3 Å². The van der Waals surface area contributed by atoms with E-state index in [0.29, 0.717) is 6.04 Å². The van der Waals surface area contributed by atoms with E-state index < -0.39 is 0 Å². The van der Waals surface area contributed by atoms with Gasteiger partial charge in [-0.2, -0.15) is 0 Å². The highest BCUT2D eigenvalue weighted by atomic mass is 16.2. The lowest BCUT2D eigenvalue weighted by Crippen LogP contribution is -2.33. The summed E-state index contributed by atoms with van der Waals surface area (Å²) in [7, 11) is 0. The normalized spacial score (nSPS) is 25.0. The van der Waals surface area contributed by atoms with Crippen molar-refractivity contribution in [3.8, 4) is 0 Å². The monoisotopic (exact) mass is 139 g/mol. The van der Waals surface area contributed by atoms with Gasteiger partial charge in [0.05, 0.1) is 0 Å². The van der Waals surface area contributed by atoms with Gasteiger partial charge in [0, 0.05) is 19.2 Å². The van der Waals surface area contributed by atoms with E-state index in [4.69, 9.17) is 0 Å². The van der Waals surface area contributed by atoms with Crippen molar-refractivity contribution >= 4 is 5.91 Å². The van der Waals surface area contributed by atoms with E-state index in [9.17, 15) is 4.79 Å². The maximum atomic E-state index is 10.9. The predicted molar refractivity (Wildman–Crippen MR) is 40.4 cm³/mol. The van der Waals surface area contributed by atoms with Gasteiger partial charge in [0.1, 0.15) is 0 Å². The first-order valence-corrected chi connectivity index (χ1v) is 3.67. The first-order chi connectivity index (χ1) is 4.72. The maximum absolute atomic E-state index is 10.9. The Labute approximate surface area is 61.5 Å². The minimum absolute atomic E-state index is 0.142. The Morgan fingerprint density at radius 1 is 1.70 bits per heavy atom. The number of hydrogen-bond acceptors (Lipinski definition) is 1. The third-order valence-electron chi connectivity index (χ3n) is 1.86. The molecule has 0 spiro atoms.